The van der Waals surface area contributed by atoms with E-state index in [0.29, 0.717) is 0 Å². The van der Waals surface area contributed by atoms with E-state index in [0.717, 1.165) is 0 Å². The van der Waals surface area contributed by atoms with E-state index in [1.54, 1.807) is 0 Å². The molecule has 0 fully saturated rings. The summed E-state index contributed by atoms with van der Waals surface area (Å²) in [5, 5.41) is 0. The van der Waals surface area contributed by atoms with E-state index in [1.165, 1.54) is 64.2 Å². The molecule has 84 valence electrons. The van der Waals surface area contributed by atoms with Gasteiger partial charge in [0.2, 0.25) is 0 Å². The summed E-state index contributed by atoms with van der Waals surface area (Å²) in [5.41, 5.74) is 0. The standard InChI is InChI=1S/C14H28/c1-3-5-7-9-11-13-14-12-10-8-6-4-2/h11,13H,3-10,12,14H2,1-2H3/b13-11+. The predicted octanol–water partition coefficient (Wildman–Crippen LogP) is 5.48. The molecule has 0 aliphatic rings. The number of hydrogen-bond donors (Lipinski definition) is 0. The normalized spacial score (nSPS) is 11.3. The van der Waals surface area contributed by atoms with E-state index in [-0.39, 0.29) is 0 Å². The minimum Gasteiger partial charge on any atom is -0.0885 e. The first-order valence-electron chi connectivity index (χ1n) is 6.56. The maximum Gasteiger partial charge on any atom is -0.0351 e. The van der Waals surface area contributed by atoms with E-state index in [2.05, 4.69) is 26.0 Å². The second-order valence-electron chi connectivity index (χ2n) is 4.17. The Balaban J connectivity index is 2.96. The van der Waals surface area contributed by atoms with Gasteiger partial charge in [0.15, 0.2) is 0 Å². The molecule has 0 aliphatic carbocycles. The van der Waals surface area contributed by atoms with Gasteiger partial charge in [-0.1, -0.05) is 64.5 Å². The van der Waals surface area contributed by atoms with Crippen molar-refractivity contribution >= 4 is 0 Å². The van der Waals surface area contributed by atoms with E-state index < -0.39 is 0 Å². The molecule has 0 aliphatic heterocycles. The van der Waals surface area contributed by atoms with Crippen molar-refractivity contribution in [1.29, 1.82) is 0 Å². The third-order valence-corrected chi connectivity index (χ3v) is 2.62. The molecule has 0 aromatic carbocycles. The van der Waals surface area contributed by atoms with Gasteiger partial charge in [-0.15, -0.1) is 0 Å². The van der Waals surface area contributed by atoms with Gasteiger partial charge >= 0.3 is 0 Å². The Kier molecular flexibility index (Phi) is 12.5. The van der Waals surface area contributed by atoms with Crippen LogP contribution in [0.25, 0.3) is 0 Å². The van der Waals surface area contributed by atoms with Gasteiger partial charge in [0.25, 0.3) is 0 Å². The Hall–Kier alpha value is -0.260. The Bertz CT molecular complexity index is 113. The van der Waals surface area contributed by atoms with Crippen molar-refractivity contribution in [3.8, 4) is 0 Å². The van der Waals surface area contributed by atoms with Crippen LogP contribution < -0.4 is 0 Å². The van der Waals surface area contributed by atoms with Crippen LogP contribution in [0.5, 0.6) is 0 Å². The van der Waals surface area contributed by atoms with Gasteiger partial charge in [0, 0.05) is 0 Å². The quantitative estimate of drug-likeness (QED) is 0.320. The second kappa shape index (κ2) is 12.7. The molecule has 0 bridgehead atoms. The topological polar surface area (TPSA) is 0 Å². The lowest BCUT2D eigenvalue weighted by molar-refractivity contribution is 0.636. The van der Waals surface area contributed by atoms with E-state index in [1.807, 2.05) is 0 Å². The molecule has 0 atom stereocenters. The molecule has 0 aromatic heterocycles. The Morgan fingerprint density at radius 3 is 1.57 bits per heavy atom. The van der Waals surface area contributed by atoms with Gasteiger partial charge in [-0.25, -0.2) is 0 Å². The SMILES string of the molecule is CCCCC/C=C/CCCCCCC. The summed E-state index contributed by atoms with van der Waals surface area (Å²) in [6.07, 6.45) is 18.5. The summed E-state index contributed by atoms with van der Waals surface area (Å²) in [5.74, 6) is 0. The second-order valence-corrected chi connectivity index (χ2v) is 4.17. The predicted molar refractivity (Wildman–Crippen MR) is 66.7 cm³/mol. The van der Waals surface area contributed by atoms with Crippen LogP contribution in [-0.2, 0) is 0 Å². The molecule has 0 rings (SSSR count). The average Bonchev–Trinajstić information content (AvgIpc) is 2.21. The fourth-order valence-corrected chi connectivity index (χ4v) is 1.61. The molecular formula is C14H28. The van der Waals surface area contributed by atoms with Crippen LogP contribution in [0.1, 0.15) is 78.1 Å². The molecule has 0 unspecified atom stereocenters. The van der Waals surface area contributed by atoms with Crippen molar-refractivity contribution < 1.29 is 0 Å². The van der Waals surface area contributed by atoms with Crippen molar-refractivity contribution in [2.75, 3.05) is 0 Å². The van der Waals surface area contributed by atoms with Crippen LogP contribution in [0.15, 0.2) is 12.2 Å². The van der Waals surface area contributed by atoms with Crippen LogP contribution in [-0.4, -0.2) is 0 Å². The lowest BCUT2D eigenvalue weighted by Crippen LogP contribution is -1.76. The Morgan fingerprint density at radius 1 is 0.571 bits per heavy atom. The Labute approximate surface area is 90.8 Å². The van der Waals surface area contributed by atoms with Crippen LogP contribution in [0.3, 0.4) is 0 Å². The van der Waals surface area contributed by atoms with Gasteiger partial charge in [-0.2, -0.15) is 0 Å². The highest BCUT2D eigenvalue weighted by atomic mass is 13.9. The fourth-order valence-electron chi connectivity index (χ4n) is 1.61. The van der Waals surface area contributed by atoms with Crippen molar-refractivity contribution in [2.24, 2.45) is 0 Å². The molecule has 0 aromatic rings. The average molecular weight is 196 g/mol. The van der Waals surface area contributed by atoms with E-state index in [4.69, 9.17) is 0 Å². The zero-order chi connectivity index (χ0) is 10.5. The van der Waals surface area contributed by atoms with Crippen molar-refractivity contribution in [2.45, 2.75) is 78.1 Å². The molecule has 0 saturated carbocycles. The van der Waals surface area contributed by atoms with Gasteiger partial charge in [-0.3, -0.25) is 0 Å². The summed E-state index contributed by atoms with van der Waals surface area (Å²) in [7, 11) is 0. The number of rotatable bonds is 10. The molecule has 0 spiro atoms. The molecule has 14 heavy (non-hydrogen) atoms. The van der Waals surface area contributed by atoms with Gasteiger partial charge in [-0.05, 0) is 25.7 Å². The third-order valence-electron chi connectivity index (χ3n) is 2.62. The summed E-state index contributed by atoms with van der Waals surface area (Å²) in [4.78, 5) is 0. The van der Waals surface area contributed by atoms with Crippen LogP contribution in [0, 0.1) is 0 Å². The summed E-state index contributed by atoms with van der Waals surface area (Å²) >= 11 is 0. The maximum absolute atomic E-state index is 2.38. The molecule has 0 radical (unpaired) electrons. The monoisotopic (exact) mass is 196 g/mol. The fraction of sp³-hybridized carbons (Fsp3) is 0.857. The highest BCUT2D eigenvalue weighted by Gasteiger charge is 1.86. The molecule has 0 heteroatoms. The first-order valence-corrected chi connectivity index (χ1v) is 6.56. The maximum atomic E-state index is 2.38. The number of unbranched alkanes of at least 4 members (excludes halogenated alkanes) is 8. The summed E-state index contributed by atoms with van der Waals surface area (Å²) < 4.78 is 0. The lowest BCUT2D eigenvalue weighted by atomic mass is 10.1. The molecule has 0 heterocycles. The smallest absolute Gasteiger partial charge is 0.0351 e. The zero-order valence-electron chi connectivity index (χ0n) is 10.2. The van der Waals surface area contributed by atoms with Crippen molar-refractivity contribution in [3.05, 3.63) is 12.2 Å². The lowest BCUT2D eigenvalue weighted by Gasteiger charge is -1.96. The van der Waals surface area contributed by atoms with Gasteiger partial charge in [0.05, 0.1) is 0 Å². The molecule has 0 N–H and O–H groups in total. The highest BCUT2D eigenvalue weighted by molar-refractivity contribution is 4.81. The zero-order valence-corrected chi connectivity index (χ0v) is 10.2. The minimum absolute atomic E-state index is 1.29. The number of allylic oxidation sites excluding steroid dienone is 2. The summed E-state index contributed by atoms with van der Waals surface area (Å²) in [6, 6.07) is 0. The summed E-state index contributed by atoms with van der Waals surface area (Å²) in [6.45, 7) is 4.53. The van der Waals surface area contributed by atoms with Crippen molar-refractivity contribution in [3.63, 3.8) is 0 Å². The highest BCUT2D eigenvalue weighted by Crippen LogP contribution is 2.06. The first kappa shape index (κ1) is 13.7. The molecule has 0 saturated heterocycles. The number of hydrogen-bond acceptors (Lipinski definition) is 0. The van der Waals surface area contributed by atoms with Crippen LogP contribution in [0.2, 0.25) is 0 Å². The van der Waals surface area contributed by atoms with E-state index >= 15 is 0 Å². The van der Waals surface area contributed by atoms with Crippen LogP contribution in [0.4, 0.5) is 0 Å². The van der Waals surface area contributed by atoms with Gasteiger partial charge < -0.3 is 0 Å². The largest absolute Gasteiger partial charge is 0.0885 e. The first-order chi connectivity index (χ1) is 6.91. The molecule has 0 amide bonds. The third kappa shape index (κ3) is 11.7. The Morgan fingerprint density at radius 2 is 1.00 bits per heavy atom. The van der Waals surface area contributed by atoms with Gasteiger partial charge in [0.1, 0.15) is 0 Å². The minimum atomic E-state index is 1.29. The molecular weight excluding hydrogens is 168 g/mol. The van der Waals surface area contributed by atoms with E-state index in [9.17, 15) is 0 Å². The van der Waals surface area contributed by atoms with Crippen LogP contribution >= 0.6 is 0 Å². The molecule has 0 nitrogen and oxygen atoms in total. The van der Waals surface area contributed by atoms with Crippen molar-refractivity contribution in [1.82, 2.24) is 0 Å².